The van der Waals surface area contributed by atoms with Gasteiger partial charge in [-0.2, -0.15) is 0 Å². The molecule has 74 heavy (non-hydrogen) atoms. The zero-order valence-electron chi connectivity index (χ0n) is 47.5. The Morgan fingerprint density at radius 2 is 1.59 bits per heavy atom. The second-order valence-corrected chi connectivity index (χ2v) is 29.7. The first-order valence-corrected chi connectivity index (χ1v) is 31.3. The summed E-state index contributed by atoms with van der Waals surface area (Å²) in [5.74, 6) is 5.14. The number of hydrogen-bond acceptors (Lipinski definition) is 5. The van der Waals surface area contributed by atoms with Crippen LogP contribution in [0.5, 0.6) is 5.75 Å². The second kappa shape index (κ2) is 17.9. The molecule has 8 aliphatic carbocycles. The summed E-state index contributed by atoms with van der Waals surface area (Å²) in [5, 5.41) is 0. The number of ether oxygens (including phenoxy) is 2. The van der Waals surface area contributed by atoms with Gasteiger partial charge in [0.15, 0.2) is 0 Å². The Labute approximate surface area is 448 Å². The van der Waals surface area contributed by atoms with Crippen molar-refractivity contribution in [3.63, 3.8) is 0 Å². The van der Waals surface area contributed by atoms with Crippen molar-refractivity contribution in [1.29, 1.82) is 0 Å². The maximum Gasteiger partial charge on any atom is 0.235 e. The molecule has 13 unspecified atom stereocenters. The number of fused-ring (bicyclic) bond motifs is 9. The van der Waals surface area contributed by atoms with Crippen molar-refractivity contribution in [1.82, 2.24) is 14.7 Å². The van der Waals surface area contributed by atoms with Gasteiger partial charge in [-0.3, -0.25) is 9.80 Å². The van der Waals surface area contributed by atoms with Crippen LogP contribution >= 0.6 is 0 Å². The lowest BCUT2D eigenvalue weighted by Crippen LogP contribution is -2.71. The third-order valence-corrected chi connectivity index (χ3v) is 23.8. The van der Waals surface area contributed by atoms with Crippen molar-refractivity contribution in [2.24, 2.45) is 34.0 Å². The number of hydrogen-bond donors (Lipinski definition) is 0. The first kappa shape index (κ1) is 49.1. The molecule has 6 heteroatoms. The van der Waals surface area contributed by atoms with Gasteiger partial charge in [0.1, 0.15) is 23.6 Å². The van der Waals surface area contributed by atoms with Crippen LogP contribution in [-0.2, 0) is 4.74 Å². The SMILES string of the molecule is CC1CC=CC2=C1C1C(O2)B2C3=C(CC(N(C4C=CC(C(C)(C)C)CC4)C4CC=C(C(C)(C)C)CC4)CC3N3C4C(=CC(C5CCCCC5)=CC24)C2(CCCCC2)C3(C)C)N1C1CCC2c3ccccc3OC2C1. The Hall–Kier alpha value is -3.22. The Bertz CT molecular complexity index is 2620. The first-order chi connectivity index (χ1) is 35.6. The largest absolute Gasteiger partial charge is 0.496 e. The molecule has 3 saturated carbocycles. The standard InChI is InChI=1S/C68H94BN3O2/c1-42-19-18-24-58-60(42)63-64(74-58)69-54-38-44(43-20-12-10-13-21-43)37-53-62(54)72(67(8,9)68(53)35-16-11-17-36-68)56-40-50(39-55(61(56)69)71(63)49-33-34-52-51-22-14-15-23-57(51)73-59(52)41-49)70(47-29-25-45(26-30-47)65(2,3)4)48-31-27-46(28-32-48)66(5,6)7/h14-15,18,22-25,27,29,37-38,42-43,45,47-50,52,54,56,59,62-64H,10-13,16-17,19-21,26,28,30-36,39-41H2,1-9H3. The van der Waals surface area contributed by atoms with Crippen LogP contribution < -0.4 is 4.74 Å². The molecule has 0 N–H and O–H groups in total. The van der Waals surface area contributed by atoms with E-state index in [0.717, 1.165) is 18.6 Å². The molecular formula is C68H94BN3O2. The third-order valence-electron chi connectivity index (χ3n) is 23.8. The fraction of sp³-hybridized carbons (Fsp3) is 0.706. The van der Waals surface area contributed by atoms with E-state index in [-0.39, 0.29) is 39.9 Å². The molecule has 1 aromatic carbocycles. The monoisotopic (exact) mass is 996 g/mol. The summed E-state index contributed by atoms with van der Waals surface area (Å²) in [6, 6.07) is 12.2. The average molecular weight is 996 g/mol. The molecule has 5 fully saturated rings. The van der Waals surface area contributed by atoms with Crippen LogP contribution in [0.1, 0.15) is 209 Å². The molecule has 2 saturated heterocycles. The number of allylic oxidation sites excluding steroid dienone is 6. The minimum absolute atomic E-state index is 0.0484. The summed E-state index contributed by atoms with van der Waals surface area (Å²) in [5.41, 5.74) is 12.8. The zero-order chi connectivity index (χ0) is 50.6. The van der Waals surface area contributed by atoms with Crippen LogP contribution in [0, 0.1) is 34.0 Å². The normalized spacial score (nSPS) is 39.1. The van der Waals surface area contributed by atoms with Gasteiger partial charge in [-0.1, -0.05) is 153 Å². The van der Waals surface area contributed by atoms with Gasteiger partial charge in [-0.15, -0.1) is 0 Å². The molecule has 14 rings (SSSR count). The summed E-state index contributed by atoms with van der Waals surface area (Å²) in [7, 11) is 0. The van der Waals surface area contributed by atoms with E-state index in [9.17, 15) is 0 Å². The lowest BCUT2D eigenvalue weighted by molar-refractivity contribution is -0.0237. The van der Waals surface area contributed by atoms with E-state index in [0.29, 0.717) is 72.5 Å². The molecule has 5 aliphatic heterocycles. The Morgan fingerprint density at radius 1 is 0.797 bits per heavy atom. The Balaban J connectivity index is 0.967. The van der Waals surface area contributed by atoms with Gasteiger partial charge in [0.2, 0.25) is 6.71 Å². The fourth-order valence-electron chi connectivity index (χ4n) is 20.2. The molecule has 0 bridgehead atoms. The van der Waals surface area contributed by atoms with Crippen molar-refractivity contribution in [3.05, 3.63) is 112 Å². The van der Waals surface area contributed by atoms with E-state index in [4.69, 9.17) is 9.47 Å². The van der Waals surface area contributed by atoms with Gasteiger partial charge in [-0.25, -0.2) is 0 Å². The summed E-state index contributed by atoms with van der Waals surface area (Å²) >= 11 is 0. The molecular weight excluding hydrogens is 902 g/mol. The summed E-state index contributed by atoms with van der Waals surface area (Å²) in [6.07, 6.45) is 46.3. The number of nitrogens with zero attached hydrogens (tertiary/aromatic N) is 3. The zero-order valence-corrected chi connectivity index (χ0v) is 47.5. The average Bonchev–Trinajstić information content (AvgIpc) is 4.02. The number of benzene rings is 1. The molecule has 13 aliphatic rings. The van der Waals surface area contributed by atoms with Crippen LogP contribution in [0.4, 0.5) is 0 Å². The minimum Gasteiger partial charge on any atom is -0.496 e. The van der Waals surface area contributed by atoms with E-state index < -0.39 is 0 Å². The number of rotatable bonds is 5. The van der Waals surface area contributed by atoms with Gasteiger partial charge in [0.05, 0.1) is 6.04 Å². The van der Waals surface area contributed by atoms with Gasteiger partial charge in [-0.05, 0) is 155 Å². The Morgan fingerprint density at radius 3 is 2.34 bits per heavy atom. The summed E-state index contributed by atoms with van der Waals surface area (Å²) in [6.45, 7) is 23.3. The van der Waals surface area contributed by atoms with E-state index in [1.54, 1.807) is 22.4 Å². The van der Waals surface area contributed by atoms with E-state index in [1.165, 1.54) is 133 Å². The van der Waals surface area contributed by atoms with Gasteiger partial charge < -0.3 is 14.4 Å². The minimum atomic E-state index is 0.0484. The highest BCUT2D eigenvalue weighted by Crippen LogP contribution is 2.69. The summed E-state index contributed by atoms with van der Waals surface area (Å²) < 4.78 is 15.0. The molecule has 0 amide bonds. The molecule has 13 atom stereocenters. The maximum atomic E-state index is 7.87. The van der Waals surface area contributed by atoms with Gasteiger partial charge >= 0.3 is 0 Å². The van der Waals surface area contributed by atoms with Crippen molar-refractivity contribution < 1.29 is 9.47 Å². The molecule has 5 nitrogen and oxygen atoms in total. The van der Waals surface area contributed by atoms with Crippen LogP contribution in [0.25, 0.3) is 0 Å². The van der Waals surface area contributed by atoms with Crippen molar-refractivity contribution in [3.8, 4) is 5.75 Å². The van der Waals surface area contributed by atoms with Crippen LogP contribution in [-0.4, -0.2) is 81.4 Å². The molecule has 5 heterocycles. The third kappa shape index (κ3) is 7.46. The van der Waals surface area contributed by atoms with E-state index in [2.05, 4.69) is 144 Å². The Kier molecular flexibility index (Phi) is 11.9. The van der Waals surface area contributed by atoms with Crippen LogP contribution in [0.15, 0.2) is 106 Å². The number of para-hydroxylation sites is 1. The second-order valence-electron chi connectivity index (χ2n) is 29.7. The molecule has 0 aromatic heterocycles. The first-order valence-electron chi connectivity index (χ1n) is 31.3. The molecule has 396 valence electrons. The molecule has 1 spiro atoms. The summed E-state index contributed by atoms with van der Waals surface area (Å²) in [4.78, 5) is 9.76. The molecule has 0 radical (unpaired) electrons. The van der Waals surface area contributed by atoms with Gasteiger partial charge in [0, 0.05) is 82.8 Å². The lowest BCUT2D eigenvalue weighted by atomic mass is 9.25. The van der Waals surface area contributed by atoms with E-state index in [1.807, 2.05) is 11.0 Å². The van der Waals surface area contributed by atoms with Crippen LogP contribution in [0.3, 0.4) is 0 Å². The topological polar surface area (TPSA) is 28.2 Å². The maximum absolute atomic E-state index is 7.87. The van der Waals surface area contributed by atoms with Crippen molar-refractivity contribution in [2.75, 3.05) is 0 Å². The van der Waals surface area contributed by atoms with Gasteiger partial charge in [0.25, 0.3) is 0 Å². The fourth-order valence-corrected chi connectivity index (χ4v) is 20.2. The quantitative estimate of drug-likeness (QED) is 0.217. The van der Waals surface area contributed by atoms with E-state index >= 15 is 0 Å². The van der Waals surface area contributed by atoms with Crippen molar-refractivity contribution in [2.45, 2.75) is 269 Å². The highest BCUT2D eigenvalue weighted by Gasteiger charge is 2.72. The molecule has 1 aromatic rings. The predicted octanol–water partition coefficient (Wildman–Crippen LogP) is 15.8. The smallest absolute Gasteiger partial charge is 0.235 e. The highest BCUT2D eigenvalue weighted by atomic mass is 16.5. The van der Waals surface area contributed by atoms with Crippen molar-refractivity contribution >= 4 is 6.71 Å². The van der Waals surface area contributed by atoms with Crippen LogP contribution in [0.2, 0.25) is 5.82 Å². The predicted molar refractivity (Wildman–Crippen MR) is 305 cm³/mol. The highest BCUT2D eigenvalue weighted by molar-refractivity contribution is 6.72. The lowest BCUT2D eigenvalue weighted by Gasteiger charge is -2.63.